The maximum absolute atomic E-state index is 13.7. The average molecular weight is 521 g/mol. The van der Waals surface area contributed by atoms with Gasteiger partial charge in [-0.3, -0.25) is 9.59 Å². The molecule has 2 heterocycles. The molecule has 3 aromatic rings. The van der Waals surface area contributed by atoms with Crippen LogP contribution in [0.15, 0.2) is 24.3 Å². The first-order valence-corrected chi connectivity index (χ1v) is 11.5. The Morgan fingerprint density at radius 1 is 1.23 bits per heavy atom. The summed E-state index contributed by atoms with van der Waals surface area (Å²) in [5.41, 5.74) is -0.832. The van der Waals surface area contributed by atoms with E-state index >= 15 is 0 Å². The molecule has 2 aliphatic rings. The summed E-state index contributed by atoms with van der Waals surface area (Å²) < 4.78 is 42.3. The van der Waals surface area contributed by atoms with Crippen LogP contribution in [0.1, 0.15) is 40.0 Å². The number of aromatic nitrogens is 1. The highest BCUT2D eigenvalue weighted by molar-refractivity contribution is 7.22. The van der Waals surface area contributed by atoms with Gasteiger partial charge in [-0.25, -0.2) is 4.98 Å². The normalized spacial score (nSPS) is 16.8. The summed E-state index contributed by atoms with van der Waals surface area (Å²) in [6.07, 6.45) is -2.28. The number of ether oxygens (including phenoxy) is 3. The lowest BCUT2D eigenvalue weighted by molar-refractivity contribution is -0.286. The van der Waals surface area contributed by atoms with Gasteiger partial charge in [-0.2, -0.15) is 5.26 Å². The van der Waals surface area contributed by atoms with Crippen LogP contribution < -0.4 is 24.8 Å². The van der Waals surface area contributed by atoms with Crippen molar-refractivity contribution in [3.05, 3.63) is 39.9 Å². The standard InChI is InChI=1S/C22H15ClF2N4O5S/c1-32-13-4-3-11-17(35-20(23)28-11)16(13)19(31)27-12-8-15-14(33-22(24,25)34-15)7-10(12)18(30)29-21(9-26)5-2-6-21/h3-4,7-8H,2,5-6H2,1H3,(H,27,31)(H,29,30). The lowest BCUT2D eigenvalue weighted by Crippen LogP contribution is -2.52. The molecule has 1 fully saturated rings. The number of nitrogens with zero attached hydrogens (tertiary/aromatic N) is 2. The van der Waals surface area contributed by atoms with Crippen LogP contribution in [0.2, 0.25) is 4.47 Å². The molecule has 0 spiro atoms. The van der Waals surface area contributed by atoms with E-state index in [4.69, 9.17) is 16.3 Å². The minimum Gasteiger partial charge on any atom is -0.496 e. The topological polar surface area (TPSA) is 123 Å². The number of nitrogens with one attached hydrogen (secondary N) is 2. The van der Waals surface area contributed by atoms with Gasteiger partial charge in [0.2, 0.25) is 0 Å². The molecule has 180 valence electrons. The zero-order chi connectivity index (χ0) is 25.0. The Balaban J connectivity index is 1.56. The van der Waals surface area contributed by atoms with E-state index in [1.807, 2.05) is 0 Å². The number of benzene rings is 2. The second-order valence-electron chi connectivity index (χ2n) is 7.93. The first kappa shape index (κ1) is 23.1. The van der Waals surface area contributed by atoms with Gasteiger partial charge in [-0.1, -0.05) is 11.6 Å². The number of rotatable bonds is 5. The van der Waals surface area contributed by atoms with Crippen molar-refractivity contribution < 1.29 is 32.6 Å². The molecule has 0 bridgehead atoms. The highest BCUT2D eigenvalue weighted by Gasteiger charge is 2.45. The lowest BCUT2D eigenvalue weighted by atomic mass is 9.78. The Morgan fingerprint density at radius 2 is 1.94 bits per heavy atom. The van der Waals surface area contributed by atoms with Gasteiger partial charge in [0.05, 0.1) is 34.6 Å². The van der Waals surface area contributed by atoms with E-state index in [0.717, 1.165) is 29.9 Å². The number of amides is 2. The summed E-state index contributed by atoms with van der Waals surface area (Å²) in [5, 5.41) is 14.7. The fourth-order valence-corrected chi connectivity index (χ4v) is 5.03. The zero-order valence-electron chi connectivity index (χ0n) is 17.9. The van der Waals surface area contributed by atoms with E-state index in [1.54, 1.807) is 6.07 Å². The lowest BCUT2D eigenvalue weighted by Gasteiger charge is -2.36. The second kappa shape index (κ2) is 8.21. The maximum Gasteiger partial charge on any atom is 0.586 e. The van der Waals surface area contributed by atoms with Gasteiger partial charge in [0, 0.05) is 6.07 Å². The molecule has 9 nitrogen and oxygen atoms in total. The number of methoxy groups -OCH3 is 1. The summed E-state index contributed by atoms with van der Waals surface area (Å²) in [7, 11) is 1.38. The Morgan fingerprint density at radius 3 is 2.57 bits per heavy atom. The van der Waals surface area contributed by atoms with E-state index < -0.39 is 23.6 Å². The number of fused-ring (bicyclic) bond motifs is 2. The SMILES string of the molecule is COc1ccc2nc(Cl)sc2c1C(=O)Nc1cc2c(cc1C(=O)NC1(C#N)CCC1)OC(F)(F)O2. The highest BCUT2D eigenvalue weighted by atomic mass is 35.5. The van der Waals surface area contributed by atoms with Crippen molar-refractivity contribution in [3.8, 4) is 23.3 Å². The molecule has 0 radical (unpaired) electrons. The van der Waals surface area contributed by atoms with Crippen LogP contribution in [-0.4, -0.2) is 35.7 Å². The van der Waals surface area contributed by atoms with Crippen LogP contribution in [0.5, 0.6) is 17.2 Å². The third-order valence-corrected chi connectivity index (χ3v) is 6.94. The van der Waals surface area contributed by atoms with E-state index in [0.29, 0.717) is 23.1 Å². The number of carbonyl (C=O) groups excluding carboxylic acids is 2. The molecule has 2 aromatic carbocycles. The molecule has 0 unspecified atom stereocenters. The molecule has 13 heteroatoms. The predicted molar refractivity (Wildman–Crippen MR) is 121 cm³/mol. The fraction of sp³-hybridized carbons (Fsp3) is 0.273. The smallest absolute Gasteiger partial charge is 0.496 e. The average Bonchev–Trinajstić information content (AvgIpc) is 3.30. The number of halogens is 3. The second-order valence-corrected chi connectivity index (χ2v) is 9.51. The van der Waals surface area contributed by atoms with Crippen molar-refractivity contribution in [2.24, 2.45) is 0 Å². The van der Waals surface area contributed by atoms with Gasteiger partial charge in [-0.05, 0) is 37.5 Å². The van der Waals surface area contributed by atoms with Gasteiger partial charge in [0.1, 0.15) is 16.9 Å². The zero-order valence-corrected chi connectivity index (χ0v) is 19.5. The fourth-order valence-electron chi connectivity index (χ4n) is 3.88. The number of hydrogen-bond acceptors (Lipinski definition) is 8. The molecular weight excluding hydrogens is 506 g/mol. The van der Waals surface area contributed by atoms with Crippen LogP contribution in [0.3, 0.4) is 0 Å². The number of nitriles is 1. The molecule has 1 aliphatic carbocycles. The Kier molecular flexibility index (Phi) is 5.41. The predicted octanol–water partition coefficient (Wildman–Crippen LogP) is 4.71. The summed E-state index contributed by atoms with van der Waals surface area (Å²) in [4.78, 5) is 30.6. The summed E-state index contributed by atoms with van der Waals surface area (Å²) >= 11 is 7.07. The van der Waals surface area contributed by atoms with Gasteiger partial charge < -0.3 is 24.8 Å². The molecule has 1 aromatic heterocycles. The largest absolute Gasteiger partial charge is 0.586 e. The minimum absolute atomic E-state index is 0.0937. The number of anilines is 1. The van der Waals surface area contributed by atoms with Crippen molar-refractivity contribution >= 4 is 50.7 Å². The number of thiazole rings is 1. The first-order chi connectivity index (χ1) is 16.6. The van der Waals surface area contributed by atoms with E-state index in [1.165, 1.54) is 13.2 Å². The Bertz CT molecular complexity index is 1430. The Hall–Kier alpha value is -3.69. The molecule has 2 N–H and O–H groups in total. The van der Waals surface area contributed by atoms with Crippen LogP contribution in [0.4, 0.5) is 14.5 Å². The highest BCUT2D eigenvalue weighted by Crippen LogP contribution is 2.44. The molecule has 1 aliphatic heterocycles. The number of carbonyl (C=O) groups is 2. The van der Waals surface area contributed by atoms with E-state index in [9.17, 15) is 23.6 Å². The van der Waals surface area contributed by atoms with Gasteiger partial charge in [-0.15, -0.1) is 20.1 Å². The van der Waals surface area contributed by atoms with Crippen LogP contribution >= 0.6 is 22.9 Å². The van der Waals surface area contributed by atoms with Crippen LogP contribution in [0.25, 0.3) is 10.2 Å². The third kappa shape index (κ3) is 4.06. The van der Waals surface area contributed by atoms with Gasteiger partial charge in [0.15, 0.2) is 16.0 Å². The molecule has 0 atom stereocenters. The molecule has 2 amide bonds. The van der Waals surface area contributed by atoms with Gasteiger partial charge in [0.25, 0.3) is 11.8 Å². The molecule has 0 saturated heterocycles. The van der Waals surface area contributed by atoms with Crippen LogP contribution in [-0.2, 0) is 0 Å². The van der Waals surface area contributed by atoms with E-state index in [2.05, 4.69) is 31.2 Å². The van der Waals surface area contributed by atoms with Crippen molar-refractivity contribution in [1.82, 2.24) is 10.3 Å². The molecule has 35 heavy (non-hydrogen) atoms. The van der Waals surface area contributed by atoms with Crippen molar-refractivity contribution in [2.75, 3.05) is 12.4 Å². The number of hydrogen-bond donors (Lipinski definition) is 2. The quantitative estimate of drug-likeness (QED) is 0.499. The Labute approximate surface area is 205 Å². The minimum atomic E-state index is -3.94. The molecule has 1 saturated carbocycles. The summed E-state index contributed by atoms with van der Waals surface area (Å²) in [6.45, 7) is 0. The van der Waals surface area contributed by atoms with Crippen LogP contribution in [0, 0.1) is 11.3 Å². The van der Waals surface area contributed by atoms with E-state index in [-0.39, 0.29) is 38.5 Å². The van der Waals surface area contributed by atoms with Crippen molar-refractivity contribution in [1.29, 1.82) is 5.26 Å². The maximum atomic E-state index is 13.7. The van der Waals surface area contributed by atoms with Crippen molar-refractivity contribution in [2.45, 2.75) is 31.1 Å². The first-order valence-electron chi connectivity index (χ1n) is 10.3. The monoisotopic (exact) mass is 520 g/mol. The molecule has 5 rings (SSSR count). The third-order valence-electron chi connectivity index (χ3n) is 5.75. The molecular formula is C22H15ClF2N4O5S. The van der Waals surface area contributed by atoms with Crippen molar-refractivity contribution in [3.63, 3.8) is 0 Å². The summed E-state index contributed by atoms with van der Waals surface area (Å²) in [5.74, 6) is -1.98. The van der Waals surface area contributed by atoms with Gasteiger partial charge >= 0.3 is 6.29 Å². The summed E-state index contributed by atoms with van der Waals surface area (Å²) in [6, 6.07) is 7.34. The number of alkyl halides is 2.